The minimum atomic E-state index is -0.292. The fourth-order valence-electron chi connectivity index (χ4n) is 2.35. The van der Waals surface area contributed by atoms with E-state index in [1.165, 1.54) is 26.4 Å². The number of nitrogens with one attached hydrogen (secondary N) is 1. The molecule has 0 spiro atoms. The van der Waals surface area contributed by atoms with Crippen molar-refractivity contribution >= 4 is 18.2 Å². The van der Waals surface area contributed by atoms with Gasteiger partial charge in [-0.2, -0.15) is 5.10 Å². The van der Waals surface area contributed by atoms with E-state index in [1.54, 1.807) is 4.57 Å². The molecule has 1 fully saturated rings. The van der Waals surface area contributed by atoms with Gasteiger partial charge >= 0.3 is 5.97 Å². The van der Waals surface area contributed by atoms with Crippen LogP contribution < -0.4 is 0 Å². The van der Waals surface area contributed by atoms with Gasteiger partial charge in [-0.3, -0.25) is 14.5 Å². The van der Waals surface area contributed by atoms with Crippen LogP contribution in [0.4, 0.5) is 0 Å². The van der Waals surface area contributed by atoms with Crippen molar-refractivity contribution in [1.82, 2.24) is 14.8 Å². The lowest BCUT2D eigenvalue weighted by Crippen LogP contribution is -2.17. The van der Waals surface area contributed by atoms with E-state index < -0.39 is 0 Å². The van der Waals surface area contributed by atoms with Gasteiger partial charge in [-0.15, -0.1) is 0 Å². The maximum Gasteiger partial charge on any atom is 0.325 e. The summed E-state index contributed by atoms with van der Waals surface area (Å²) in [4.78, 5) is 11.3. The Morgan fingerprint density at radius 3 is 2.88 bits per heavy atom. The van der Waals surface area contributed by atoms with Crippen molar-refractivity contribution in [3.8, 4) is 0 Å². The molecular weight excluding hydrogens is 238 g/mol. The Kier molecular flexibility index (Phi) is 3.93. The molecule has 0 atom stereocenters. The van der Waals surface area contributed by atoms with Crippen LogP contribution in [0.1, 0.15) is 43.8 Å². The zero-order chi connectivity index (χ0) is 12.3. The zero-order valence-electron chi connectivity index (χ0n) is 9.94. The molecule has 6 heteroatoms. The molecule has 94 valence electrons. The van der Waals surface area contributed by atoms with Crippen LogP contribution in [0.3, 0.4) is 0 Å². The topological polar surface area (TPSA) is 59.9 Å². The lowest BCUT2D eigenvalue weighted by atomic mass is 9.89. The number of hydrogen-bond donors (Lipinski definition) is 1. The Bertz CT molecular complexity index is 446. The average Bonchev–Trinajstić information content (AvgIpc) is 2.72. The van der Waals surface area contributed by atoms with E-state index in [4.69, 9.17) is 12.2 Å². The third-order valence-corrected chi connectivity index (χ3v) is 3.58. The van der Waals surface area contributed by atoms with E-state index in [9.17, 15) is 4.79 Å². The Morgan fingerprint density at radius 1 is 1.53 bits per heavy atom. The highest BCUT2D eigenvalue weighted by Gasteiger charge is 2.22. The number of carbonyl (C=O) groups is 1. The van der Waals surface area contributed by atoms with E-state index in [0.717, 1.165) is 18.7 Å². The third-order valence-electron chi connectivity index (χ3n) is 3.27. The fraction of sp³-hybridized carbons (Fsp3) is 0.727. The number of aromatic nitrogens is 3. The SMILES string of the molecule is COC(=O)Cn1c(C2CCCCC2)n[nH]c1=S. The number of carbonyl (C=O) groups excluding carboxylic acids is 1. The van der Waals surface area contributed by atoms with Gasteiger partial charge in [0.05, 0.1) is 7.11 Å². The maximum absolute atomic E-state index is 11.3. The number of methoxy groups -OCH3 is 1. The molecule has 1 aliphatic carbocycles. The van der Waals surface area contributed by atoms with Crippen LogP contribution in [-0.2, 0) is 16.1 Å². The number of ether oxygens (including phenoxy) is 1. The molecule has 2 rings (SSSR count). The molecule has 0 radical (unpaired) electrons. The summed E-state index contributed by atoms with van der Waals surface area (Å²) in [5.74, 6) is 1.03. The molecule has 0 unspecified atom stereocenters. The normalized spacial score (nSPS) is 17.0. The van der Waals surface area contributed by atoms with Gasteiger partial charge in [0, 0.05) is 5.92 Å². The minimum absolute atomic E-state index is 0.150. The fourth-order valence-corrected chi connectivity index (χ4v) is 2.55. The minimum Gasteiger partial charge on any atom is -0.468 e. The maximum atomic E-state index is 11.3. The molecule has 0 saturated heterocycles. The summed E-state index contributed by atoms with van der Waals surface area (Å²) in [7, 11) is 1.38. The summed E-state index contributed by atoms with van der Waals surface area (Å²) in [6, 6.07) is 0. The standard InChI is InChI=1S/C11H17N3O2S/c1-16-9(15)7-14-10(12-13-11(14)17)8-5-3-2-4-6-8/h8H,2-7H2,1H3,(H,13,17). The zero-order valence-corrected chi connectivity index (χ0v) is 10.8. The summed E-state index contributed by atoms with van der Waals surface area (Å²) >= 11 is 5.15. The molecule has 17 heavy (non-hydrogen) atoms. The molecule has 1 aliphatic rings. The van der Waals surface area contributed by atoms with Gasteiger partial charge in [-0.25, -0.2) is 0 Å². The number of hydrogen-bond acceptors (Lipinski definition) is 4. The van der Waals surface area contributed by atoms with Gasteiger partial charge in [0.25, 0.3) is 0 Å². The van der Waals surface area contributed by atoms with Crippen LogP contribution in [0.15, 0.2) is 0 Å². The van der Waals surface area contributed by atoms with Gasteiger partial charge in [-0.1, -0.05) is 19.3 Å². The second-order valence-corrected chi connectivity index (χ2v) is 4.77. The Balaban J connectivity index is 2.21. The van der Waals surface area contributed by atoms with Gasteiger partial charge in [0.1, 0.15) is 12.4 Å². The first kappa shape index (κ1) is 12.3. The smallest absolute Gasteiger partial charge is 0.325 e. The molecule has 5 nitrogen and oxygen atoms in total. The van der Waals surface area contributed by atoms with Crippen molar-refractivity contribution in [3.63, 3.8) is 0 Å². The van der Waals surface area contributed by atoms with Gasteiger partial charge in [0.15, 0.2) is 4.77 Å². The number of H-pyrrole nitrogens is 1. The van der Waals surface area contributed by atoms with Crippen molar-refractivity contribution in [2.24, 2.45) is 0 Å². The summed E-state index contributed by atoms with van der Waals surface area (Å²) in [5.41, 5.74) is 0. The monoisotopic (exact) mass is 255 g/mol. The highest BCUT2D eigenvalue weighted by molar-refractivity contribution is 7.71. The van der Waals surface area contributed by atoms with Crippen molar-refractivity contribution in [1.29, 1.82) is 0 Å². The van der Waals surface area contributed by atoms with Crippen molar-refractivity contribution in [2.45, 2.75) is 44.6 Å². The first-order valence-electron chi connectivity index (χ1n) is 5.94. The largest absolute Gasteiger partial charge is 0.468 e. The molecule has 0 aromatic carbocycles. The molecule has 0 aliphatic heterocycles. The van der Waals surface area contributed by atoms with Crippen molar-refractivity contribution in [3.05, 3.63) is 10.6 Å². The van der Waals surface area contributed by atoms with Crippen molar-refractivity contribution < 1.29 is 9.53 Å². The molecular formula is C11H17N3O2S. The van der Waals surface area contributed by atoms with Crippen molar-refractivity contribution in [2.75, 3.05) is 7.11 Å². The lowest BCUT2D eigenvalue weighted by molar-refractivity contribution is -0.141. The average molecular weight is 255 g/mol. The molecule has 1 saturated carbocycles. The van der Waals surface area contributed by atoms with Crippen LogP contribution >= 0.6 is 12.2 Å². The highest BCUT2D eigenvalue weighted by Crippen LogP contribution is 2.31. The predicted molar refractivity (Wildman–Crippen MR) is 65.3 cm³/mol. The van der Waals surface area contributed by atoms with E-state index in [-0.39, 0.29) is 12.5 Å². The number of aromatic amines is 1. The number of nitrogens with zero attached hydrogens (tertiary/aromatic N) is 2. The third kappa shape index (κ3) is 2.74. The van der Waals surface area contributed by atoms with Crippen LogP contribution in [0.25, 0.3) is 0 Å². The Hall–Kier alpha value is -1.17. The Morgan fingerprint density at radius 2 is 2.24 bits per heavy atom. The lowest BCUT2D eigenvalue weighted by Gasteiger charge is -2.21. The highest BCUT2D eigenvalue weighted by atomic mass is 32.1. The molecule has 1 aromatic rings. The summed E-state index contributed by atoms with van der Waals surface area (Å²) < 4.78 is 6.93. The van der Waals surface area contributed by atoms with Gasteiger partial charge in [-0.05, 0) is 25.1 Å². The second-order valence-electron chi connectivity index (χ2n) is 4.38. The molecule has 1 heterocycles. The number of rotatable bonds is 3. The molecule has 1 aromatic heterocycles. The predicted octanol–water partition coefficient (Wildman–Crippen LogP) is 2.16. The molecule has 1 N–H and O–H groups in total. The summed E-state index contributed by atoms with van der Waals surface area (Å²) in [6.45, 7) is 0.150. The van der Waals surface area contributed by atoms with E-state index in [1.807, 2.05) is 0 Å². The molecule has 0 bridgehead atoms. The summed E-state index contributed by atoms with van der Waals surface area (Å²) in [6.07, 6.45) is 5.99. The molecule has 0 amide bonds. The van der Waals surface area contributed by atoms with Crippen LogP contribution in [0.2, 0.25) is 0 Å². The quantitative estimate of drug-likeness (QED) is 0.664. The Labute approximate surface area is 105 Å². The second kappa shape index (κ2) is 5.44. The summed E-state index contributed by atoms with van der Waals surface area (Å²) in [5, 5.41) is 7.04. The van der Waals surface area contributed by atoms with E-state index in [0.29, 0.717) is 10.7 Å². The van der Waals surface area contributed by atoms with Gasteiger partial charge in [0.2, 0.25) is 0 Å². The first-order valence-corrected chi connectivity index (χ1v) is 6.35. The van der Waals surface area contributed by atoms with Gasteiger partial charge < -0.3 is 4.74 Å². The van der Waals surface area contributed by atoms with Crippen LogP contribution in [0.5, 0.6) is 0 Å². The van der Waals surface area contributed by atoms with E-state index in [2.05, 4.69) is 14.9 Å². The van der Waals surface area contributed by atoms with Crippen LogP contribution in [-0.4, -0.2) is 27.8 Å². The van der Waals surface area contributed by atoms with Crippen LogP contribution in [0, 0.1) is 4.77 Å². The number of esters is 1. The first-order chi connectivity index (χ1) is 8.22. The van der Waals surface area contributed by atoms with E-state index >= 15 is 0 Å².